The van der Waals surface area contributed by atoms with Crippen LogP contribution in [0.4, 0.5) is 0 Å². The number of carbonyl (C=O) groups excluding carboxylic acids is 2. The van der Waals surface area contributed by atoms with Gasteiger partial charge in [-0.1, -0.05) is 44.6 Å². The van der Waals surface area contributed by atoms with Gasteiger partial charge >= 0.3 is 5.97 Å². The number of amides is 1. The van der Waals surface area contributed by atoms with E-state index in [0.717, 1.165) is 16.7 Å². The number of fused-ring (bicyclic) bond motifs is 3. The molecule has 1 amide bonds. The van der Waals surface area contributed by atoms with Gasteiger partial charge in [-0.15, -0.1) is 0 Å². The maximum absolute atomic E-state index is 13.5. The summed E-state index contributed by atoms with van der Waals surface area (Å²) < 4.78 is 18.9. The summed E-state index contributed by atoms with van der Waals surface area (Å²) in [5, 5.41) is 20.5. The number of morpholine rings is 1. The molecule has 3 atom stereocenters. The Hall–Kier alpha value is -4.28. The number of pyridine rings is 1. The number of benzene rings is 1. The van der Waals surface area contributed by atoms with Crippen LogP contribution in [0.1, 0.15) is 65.8 Å². The molecular weight excluding hydrogens is 548 g/mol. The van der Waals surface area contributed by atoms with E-state index in [-0.39, 0.29) is 5.91 Å². The predicted molar refractivity (Wildman–Crippen MR) is 157 cm³/mol. The number of hydrazone groups is 1. The summed E-state index contributed by atoms with van der Waals surface area (Å²) in [6, 6.07) is 7.00. The van der Waals surface area contributed by atoms with Crippen molar-refractivity contribution in [1.82, 2.24) is 15.3 Å². The summed E-state index contributed by atoms with van der Waals surface area (Å²) in [5.41, 5.74) is 2.20. The third-order valence-electron chi connectivity index (χ3n) is 9.62. The number of carbonyl (C=O) groups is 2. The van der Waals surface area contributed by atoms with E-state index in [1.54, 1.807) is 24.4 Å². The van der Waals surface area contributed by atoms with E-state index in [1.165, 1.54) is 6.20 Å². The predicted octanol–water partition coefficient (Wildman–Crippen LogP) is 3.85. The van der Waals surface area contributed by atoms with Gasteiger partial charge in [0.15, 0.2) is 17.6 Å². The average Bonchev–Trinajstić information content (AvgIpc) is 3.28. The first-order valence-electron chi connectivity index (χ1n) is 14.6. The van der Waals surface area contributed by atoms with Gasteiger partial charge in [0.2, 0.25) is 0 Å². The van der Waals surface area contributed by atoms with Crippen LogP contribution in [0.2, 0.25) is 0 Å². The van der Waals surface area contributed by atoms with Crippen LogP contribution < -0.4 is 10.1 Å². The standard InChI is InChI=1S/C33H34N4O6/c1-19-7-10-24-31(2,3)27(36-37-12-14-41-15-13-37)23(42-30(40)21-6-5-11-34-18-21)17-33(24)32(19,4)16-20-8-9-22-25(26(20)43-33)29(39)35-28(22)38/h5-11,17-18,29,39H,12-16H2,1-4H3,(H,35,38). The van der Waals surface area contributed by atoms with Crippen molar-refractivity contribution in [2.45, 2.75) is 45.9 Å². The van der Waals surface area contributed by atoms with Crippen LogP contribution in [0, 0.1) is 10.8 Å². The summed E-state index contributed by atoms with van der Waals surface area (Å²) in [7, 11) is 0. The number of nitrogens with one attached hydrogen (secondary N) is 1. The molecule has 4 heterocycles. The molecule has 10 nitrogen and oxygen atoms in total. The molecule has 43 heavy (non-hydrogen) atoms. The van der Waals surface area contributed by atoms with Gasteiger partial charge in [-0.2, -0.15) is 5.10 Å². The fourth-order valence-electron chi connectivity index (χ4n) is 7.05. The minimum atomic E-state index is -1.19. The molecule has 2 aliphatic carbocycles. The van der Waals surface area contributed by atoms with E-state index in [1.807, 2.05) is 17.2 Å². The molecule has 2 N–H and O–H groups in total. The van der Waals surface area contributed by atoms with Crippen LogP contribution in [-0.4, -0.2) is 64.6 Å². The highest BCUT2D eigenvalue weighted by Gasteiger charge is 2.63. The minimum Gasteiger partial charge on any atom is -0.477 e. The van der Waals surface area contributed by atoms with Crippen molar-refractivity contribution in [2.75, 3.05) is 26.3 Å². The Morgan fingerprint density at radius 2 is 1.98 bits per heavy atom. The van der Waals surface area contributed by atoms with E-state index >= 15 is 0 Å². The summed E-state index contributed by atoms with van der Waals surface area (Å²) in [4.78, 5) is 30.2. The van der Waals surface area contributed by atoms with Gasteiger partial charge in [0.05, 0.1) is 43.0 Å². The molecule has 1 aromatic carbocycles. The summed E-state index contributed by atoms with van der Waals surface area (Å²) in [6.45, 7) is 10.7. The van der Waals surface area contributed by atoms with Gasteiger partial charge in [0.25, 0.3) is 5.91 Å². The lowest BCUT2D eigenvalue weighted by molar-refractivity contribution is 0.00236. The molecule has 1 saturated heterocycles. The normalized spacial score (nSPS) is 29.6. The molecule has 2 aromatic rings. The molecule has 7 rings (SSSR count). The molecule has 1 spiro atoms. The monoisotopic (exact) mass is 582 g/mol. The highest BCUT2D eigenvalue weighted by atomic mass is 16.5. The van der Waals surface area contributed by atoms with Gasteiger partial charge in [-0.05, 0) is 42.7 Å². The van der Waals surface area contributed by atoms with Gasteiger partial charge in [0.1, 0.15) is 11.5 Å². The van der Waals surface area contributed by atoms with Crippen LogP contribution in [0.3, 0.4) is 0 Å². The number of aliphatic hydroxyl groups is 1. The molecule has 222 valence electrons. The first-order chi connectivity index (χ1) is 20.5. The largest absolute Gasteiger partial charge is 0.477 e. The van der Waals surface area contributed by atoms with E-state index in [9.17, 15) is 14.7 Å². The topological polar surface area (TPSA) is 123 Å². The number of hydrogen-bond acceptors (Lipinski definition) is 9. The smallest absolute Gasteiger partial charge is 0.345 e. The highest BCUT2D eigenvalue weighted by molar-refractivity contribution is 6.09. The Kier molecular flexibility index (Phi) is 6.16. The fourth-order valence-corrected chi connectivity index (χ4v) is 7.05. The first kappa shape index (κ1) is 27.5. The van der Waals surface area contributed by atoms with E-state index < -0.39 is 28.6 Å². The maximum atomic E-state index is 13.5. The maximum Gasteiger partial charge on any atom is 0.345 e. The number of esters is 1. The molecule has 1 fully saturated rings. The fraction of sp³-hybridized carbons (Fsp3) is 0.394. The number of ether oxygens (including phenoxy) is 3. The quantitative estimate of drug-likeness (QED) is 0.524. The molecule has 5 aliphatic rings. The zero-order chi connectivity index (χ0) is 30.1. The lowest BCUT2D eigenvalue weighted by Crippen LogP contribution is -2.62. The number of hydrogen-bond donors (Lipinski definition) is 2. The Balaban J connectivity index is 1.45. The van der Waals surface area contributed by atoms with Crippen molar-refractivity contribution < 1.29 is 28.9 Å². The van der Waals surface area contributed by atoms with E-state index in [4.69, 9.17) is 19.3 Å². The third-order valence-corrected chi connectivity index (χ3v) is 9.62. The highest BCUT2D eigenvalue weighted by Crippen LogP contribution is 2.62. The Morgan fingerprint density at radius 3 is 2.72 bits per heavy atom. The van der Waals surface area contributed by atoms with Crippen molar-refractivity contribution in [3.63, 3.8) is 0 Å². The van der Waals surface area contributed by atoms with Crippen molar-refractivity contribution >= 4 is 17.6 Å². The van der Waals surface area contributed by atoms with E-state index in [0.29, 0.717) is 66.6 Å². The van der Waals surface area contributed by atoms with Crippen LogP contribution >= 0.6 is 0 Å². The number of aromatic nitrogens is 1. The summed E-state index contributed by atoms with van der Waals surface area (Å²) in [5.74, 6) is -0.129. The molecule has 0 saturated carbocycles. The zero-order valence-corrected chi connectivity index (χ0v) is 24.6. The SMILES string of the molecule is CC1=CC=C2C(C)(C)C(=NN3CCOCC3)C(OC(=O)c3cccnc3)=CC23Oc2c(ccc4c2C(O)NC4=O)CC13C. The van der Waals surface area contributed by atoms with Crippen molar-refractivity contribution in [2.24, 2.45) is 15.9 Å². The Labute approximate surface area is 249 Å². The average molecular weight is 583 g/mol. The number of aliphatic hydroxyl groups excluding tert-OH is 1. The summed E-state index contributed by atoms with van der Waals surface area (Å²) >= 11 is 0. The van der Waals surface area contributed by atoms with Crippen LogP contribution in [-0.2, 0) is 15.9 Å². The van der Waals surface area contributed by atoms with Crippen molar-refractivity contribution in [1.29, 1.82) is 0 Å². The Bertz CT molecular complexity index is 1670. The van der Waals surface area contributed by atoms with Gasteiger partial charge in [0, 0.05) is 29.3 Å². The molecular formula is C33H34N4O6. The van der Waals surface area contributed by atoms with Crippen LogP contribution in [0.5, 0.6) is 5.75 Å². The number of nitrogens with zero attached hydrogens (tertiary/aromatic N) is 3. The second kappa shape index (κ2) is 9.62. The number of rotatable bonds is 3. The molecule has 0 radical (unpaired) electrons. The molecule has 3 unspecified atom stereocenters. The van der Waals surface area contributed by atoms with Crippen LogP contribution in [0.15, 0.2) is 76.9 Å². The molecule has 1 aromatic heterocycles. The zero-order valence-electron chi connectivity index (χ0n) is 24.6. The van der Waals surface area contributed by atoms with Gasteiger partial charge in [-0.3, -0.25) is 14.8 Å². The van der Waals surface area contributed by atoms with Gasteiger partial charge in [-0.25, -0.2) is 4.79 Å². The van der Waals surface area contributed by atoms with E-state index in [2.05, 4.69) is 50.1 Å². The third kappa shape index (κ3) is 4.00. The number of allylic oxidation sites excluding steroid dienone is 3. The van der Waals surface area contributed by atoms with Crippen LogP contribution in [0.25, 0.3) is 0 Å². The molecule has 10 heteroatoms. The molecule has 3 aliphatic heterocycles. The second-order valence-corrected chi connectivity index (χ2v) is 12.4. The molecule has 0 bridgehead atoms. The van der Waals surface area contributed by atoms with Crippen molar-refractivity contribution in [3.05, 3.63) is 94.0 Å². The van der Waals surface area contributed by atoms with Gasteiger partial charge < -0.3 is 24.6 Å². The lowest BCUT2D eigenvalue weighted by Gasteiger charge is -2.58. The first-order valence-corrected chi connectivity index (χ1v) is 14.6. The second-order valence-electron chi connectivity index (χ2n) is 12.4. The Morgan fingerprint density at radius 1 is 1.19 bits per heavy atom. The lowest BCUT2D eigenvalue weighted by atomic mass is 9.52. The summed E-state index contributed by atoms with van der Waals surface area (Å²) in [6.07, 6.45) is 8.55. The van der Waals surface area contributed by atoms with Crippen molar-refractivity contribution in [3.8, 4) is 5.75 Å². The minimum absolute atomic E-state index is 0.300.